The minimum Gasteiger partial charge on any atom is -0.383 e. The molecule has 0 bridgehead atoms. The molecule has 0 aliphatic rings. The van der Waals surface area contributed by atoms with Gasteiger partial charge in [-0.3, -0.25) is 0 Å². The van der Waals surface area contributed by atoms with Gasteiger partial charge in [0.15, 0.2) is 5.82 Å². The highest BCUT2D eigenvalue weighted by molar-refractivity contribution is 5.52. The van der Waals surface area contributed by atoms with Gasteiger partial charge in [-0.1, -0.05) is 0 Å². The quantitative estimate of drug-likeness (QED) is 0.746. The van der Waals surface area contributed by atoms with Crippen molar-refractivity contribution in [1.82, 2.24) is 10.2 Å². The molecule has 0 fully saturated rings. The van der Waals surface area contributed by atoms with Gasteiger partial charge in [-0.05, 0) is 19.9 Å². The average Bonchev–Trinajstić information content (AvgIpc) is 2.29. The minimum atomic E-state index is 0.249. The fourth-order valence-electron chi connectivity index (χ4n) is 1.42. The summed E-state index contributed by atoms with van der Waals surface area (Å²) in [6, 6.07) is 4.04. The maximum atomic E-state index is 9.00. The molecule has 0 N–H and O–H groups in total. The minimum absolute atomic E-state index is 0.249. The third-order valence-corrected chi connectivity index (χ3v) is 2.25. The van der Waals surface area contributed by atoms with Crippen molar-refractivity contribution in [2.24, 2.45) is 0 Å². The van der Waals surface area contributed by atoms with Crippen molar-refractivity contribution < 1.29 is 4.74 Å². The Hall–Kier alpha value is -1.67. The summed E-state index contributed by atoms with van der Waals surface area (Å²) >= 11 is 0. The largest absolute Gasteiger partial charge is 0.383 e. The molecule has 1 heterocycles. The lowest BCUT2D eigenvalue weighted by Crippen LogP contribution is -2.35. The number of nitrogens with zero attached hydrogens (tertiary/aromatic N) is 4. The molecule has 86 valence electrons. The molecule has 0 radical (unpaired) electrons. The van der Waals surface area contributed by atoms with Gasteiger partial charge in [0.05, 0.1) is 18.4 Å². The Balaban J connectivity index is 2.97. The molecule has 5 heteroatoms. The van der Waals surface area contributed by atoms with Gasteiger partial charge in [0, 0.05) is 19.7 Å². The molecule has 0 aliphatic carbocycles. The van der Waals surface area contributed by atoms with Gasteiger partial charge in [0.2, 0.25) is 0 Å². The Morgan fingerprint density at radius 1 is 1.56 bits per heavy atom. The molecule has 0 aromatic carbocycles. The fraction of sp³-hybridized carbons (Fsp3) is 0.545. The molecule has 1 aromatic heterocycles. The summed E-state index contributed by atoms with van der Waals surface area (Å²) in [5, 5.41) is 16.8. The van der Waals surface area contributed by atoms with E-state index in [-0.39, 0.29) is 6.04 Å². The van der Waals surface area contributed by atoms with E-state index in [0.717, 1.165) is 0 Å². The highest BCUT2D eigenvalue weighted by atomic mass is 16.5. The first-order chi connectivity index (χ1) is 7.70. The van der Waals surface area contributed by atoms with Crippen molar-refractivity contribution in [1.29, 1.82) is 5.26 Å². The summed E-state index contributed by atoms with van der Waals surface area (Å²) < 4.78 is 5.04. The second kappa shape index (κ2) is 6.03. The van der Waals surface area contributed by atoms with Gasteiger partial charge in [-0.15, -0.1) is 5.10 Å². The lowest BCUT2D eigenvalue weighted by molar-refractivity contribution is 0.203. The van der Waals surface area contributed by atoms with Crippen LogP contribution in [0.2, 0.25) is 0 Å². The molecular formula is C11H16N4O. The normalized spacial score (nSPS) is 10.2. The van der Waals surface area contributed by atoms with Crippen molar-refractivity contribution in [2.75, 3.05) is 25.2 Å². The van der Waals surface area contributed by atoms with Crippen LogP contribution in [0.25, 0.3) is 0 Å². The molecule has 0 spiro atoms. The van der Waals surface area contributed by atoms with Gasteiger partial charge in [0.1, 0.15) is 6.07 Å². The lowest BCUT2D eigenvalue weighted by atomic mass is 10.2. The number of anilines is 1. The summed E-state index contributed by atoms with van der Waals surface area (Å²) in [6.45, 7) is 5.39. The van der Waals surface area contributed by atoms with E-state index < -0.39 is 0 Å². The summed E-state index contributed by atoms with van der Waals surface area (Å²) in [5.74, 6) is 0.622. The van der Waals surface area contributed by atoms with Crippen LogP contribution in [0.15, 0.2) is 12.3 Å². The van der Waals surface area contributed by atoms with E-state index >= 15 is 0 Å². The van der Waals surface area contributed by atoms with Crippen LogP contribution in [0, 0.1) is 11.3 Å². The number of hydrogen-bond donors (Lipinski definition) is 0. The van der Waals surface area contributed by atoms with E-state index in [0.29, 0.717) is 24.5 Å². The van der Waals surface area contributed by atoms with Crippen molar-refractivity contribution in [3.63, 3.8) is 0 Å². The Morgan fingerprint density at radius 2 is 2.31 bits per heavy atom. The maximum Gasteiger partial charge on any atom is 0.169 e. The SMILES string of the molecule is COCCN(c1nnccc1C#N)C(C)C. The van der Waals surface area contributed by atoms with Crippen LogP contribution < -0.4 is 4.90 Å². The molecule has 0 atom stereocenters. The third kappa shape index (κ3) is 2.91. The van der Waals surface area contributed by atoms with E-state index in [2.05, 4.69) is 16.3 Å². The molecule has 1 rings (SSSR count). The Kier molecular flexibility index (Phi) is 4.67. The van der Waals surface area contributed by atoms with Crippen molar-refractivity contribution in [2.45, 2.75) is 19.9 Å². The van der Waals surface area contributed by atoms with Crippen LogP contribution in [0.1, 0.15) is 19.4 Å². The first-order valence-corrected chi connectivity index (χ1v) is 5.18. The van der Waals surface area contributed by atoms with Gasteiger partial charge in [-0.2, -0.15) is 10.4 Å². The summed E-state index contributed by atoms with van der Waals surface area (Å²) in [4.78, 5) is 2.01. The molecule has 0 saturated carbocycles. The molecule has 16 heavy (non-hydrogen) atoms. The molecule has 0 saturated heterocycles. The fourth-order valence-corrected chi connectivity index (χ4v) is 1.42. The molecule has 1 aromatic rings. The lowest BCUT2D eigenvalue weighted by Gasteiger charge is -2.27. The van der Waals surface area contributed by atoms with E-state index in [1.165, 1.54) is 6.20 Å². The summed E-state index contributed by atoms with van der Waals surface area (Å²) in [6.07, 6.45) is 1.52. The zero-order valence-corrected chi connectivity index (χ0v) is 9.84. The van der Waals surface area contributed by atoms with Crippen molar-refractivity contribution in [3.8, 4) is 6.07 Å². The molecule has 0 aliphatic heterocycles. The van der Waals surface area contributed by atoms with Crippen LogP contribution in [0.4, 0.5) is 5.82 Å². The van der Waals surface area contributed by atoms with Gasteiger partial charge < -0.3 is 9.64 Å². The predicted molar refractivity (Wildman–Crippen MR) is 61.1 cm³/mol. The Bertz CT molecular complexity index is 372. The molecular weight excluding hydrogens is 204 g/mol. The second-order valence-corrected chi connectivity index (χ2v) is 3.66. The zero-order valence-electron chi connectivity index (χ0n) is 9.84. The number of aromatic nitrogens is 2. The Labute approximate surface area is 95.7 Å². The highest BCUT2D eigenvalue weighted by Gasteiger charge is 2.15. The Morgan fingerprint density at radius 3 is 2.88 bits per heavy atom. The number of nitriles is 1. The standard InChI is InChI=1S/C11H16N4O/c1-9(2)15(6-7-16-3)11-10(8-12)4-5-13-14-11/h4-5,9H,6-7H2,1-3H3. The zero-order chi connectivity index (χ0) is 12.0. The van der Waals surface area contributed by atoms with Crippen LogP contribution in [-0.4, -0.2) is 36.5 Å². The number of rotatable bonds is 5. The van der Waals surface area contributed by atoms with Crippen LogP contribution in [-0.2, 0) is 4.74 Å². The van der Waals surface area contributed by atoms with Crippen LogP contribution >= 0.6 is 0 Å². The molecule has 5 nitrogen and oxygen atoms in total. The second-order valence-electron chi connectivity index (χ2n) is 3.66. The van der Waals surface area contributed by atoms with Gasteiger partial charge in [0.25, 0.3) is 0 Å². The number of methoxy groups -OCH3 is 1. The van der Waals surface area contributed by atoms with E-state index in [1.807, 2.05) is 18.7 Å². The summed E-state index contributed by atoms with van der Waals surface area (Å²) in [7, 11) is 1.65. The van der Waals surface area contributed by atoms with Crippen LogP contribution in [0.5, 0.6) is 0 Å². The highest BCUT2D eigenvalue weighted by Crippen LogP contribution is 2.17. The molecule has 0 unspecified atom stereocenters. The monoisotopic (exact) mass is 220 g/mol. The summed E-state index contributed by atoms with van der Waals surface area (Å²) in [5.41, 5.74) is 0.541. The third-order valence-electron chi connectivity index (χ3n) is 2.25. The van der Waals surface area contributed by atoms with E-state index in [4.69, 9.17) is 10.00 Å². The first-order valence-electron chi connectivity index (χ1n) is 5.18. The van der Waals surface area contributed by atoms with Gasteiger partial charge >= 0.3 is 0 Å². The topological polar surface area (TPSA) is 62.0 Å². The van der Waals surface area contributed by atoms with E-state index in [1.54, 1.807) is 13.2 Å². The van der Waals surface area contributed by atoms with Crippen molar-refractivity contribution >= 4 is 5.82 Å². The predicted octanol–water partition coefficient (Wildman–Crippen LogP) is 1.21. The first kappa shape index (κ1) is 12.4. The van der Waals surface area contributed by atoms with Crippen LogP contribution in [0.3, 0.4) is 0 Å². The molecule has 0 amide bonds. The number of hydrogen-bond acceptors (Lipinski definition) is 5. The van der Waals surface area contributed by atoms with E-state index in [9.17, 15) is 0 Å². The maximum absolute atomic E-state index is 9.00. The number of ether oxygens (including phenoxy) is 1. The average molecular weight is 220 g/mol. The van der Waals surface area contributed by atoms with Crippen molar-refractivity contribution in [3.05, 3.63) is 17.8 Å². The smallest absolute Gasteiger partial charge is 0.169 e. The van der Waals surface area contributed by atoms with Gasteiger partial charge in [-0.25, -0.2) is 0 Å².